The van der Waals surface area contributed by atoms with Crippen LogP contribution in [0.2, 0.25) is 0 Å². The van der Waals surface area contributed by atoms with Crippen LogP contribution in [0.15, 0.2) is 0 Å². The second-order valence-corrected chi connectivity index (χ2v) is 3.26. The Morgan fingerprint density at radius 3 is 1.06 bits per heavy atom. The number of rotatable bonds is 4. The van der Waals surface area contributed by atoms with Crippen LogP contribution in [0, 0.1) is 11.8 Å². The summed E-state index contributed by atoms with van der Waals surface area (Å²) in [4.78, 5) is 19.6. The molecule has 100 valence electrons. The molecule has 0 radical (unpaired) electrons. The van der Waals surface area contributed by atoms with Crippen LogP contribution < -0.4 is 22.5 Å². The van der Waals surface area contributed by atoms with E-state index in [0.29, 0.717) is 12.8 Å². The number of carboxylic acid groups (broad SMARTS) is 2. The van der Waals surface area contributed by atoms with Gasteiger partial charge in [0.1, 0.15) is 0 Å². The van der Waals surface area contributed by atoms with E-state index in [1.54, 1.807) is 13.8 Å². The SMILES string of the molecule is CCC(C)C(=O)[O-].CCC(C)C(=O)[O-].[NH4+].[NH4+]. The summed E-state index contributed by atoms with van der Waals surface area (Å²) in [5.41, 5.74) is 0. The summed E-state index contributed by atoms with van der Waals surface area (Å²) < 4.78 is 0. The highest BCUT2D eigenvalue weighted by molar-refractivity contribution is 5.67. The highest BCUT2D eigenvalue weighted by Gasteiger charge is 1.95. The van der Waals surface area contributed by atoms with Gasteiger partial charge in [-0.05, 0) is 24.7 Å². The fourth-order valence-electron chi connectivity index (χ4n) is 0.333. The Balaban J connectivity index is -0.0000000800. The zero-order valence-corrected chi connectivity index (χ0v) is 11.2. The third-order valence-corrected chi connectivity index (χ3v) is 2.03. The normalized spacial score (nSPS) is 11.8. The minimum atomic E-state index is -0.956. The minimum absolute atomic E-state index is 0. The predicted octanol–water partition coefficient (Wildman–Crippen LogP) is 0.317. The Labute approximate surface area is 97.2 Å². The first-order valence-electron chi connectivity index (χ1n) is 4.78. The van der Waals surface area contributed by atoms with E-state index in [2.05, 4.69) is 0 Å². The van der Waals surface area contributed by atoms with Crippen molar-refractivity contribution in [1.29, 1.82) is 0 Å². The lowest BCUT2D eigenvalue weighted by Crippen LogP contribution is -2.28. The molecule has 0 aromatic carbocycles. The average molecular weight is 238 g/mol. The fourth-order valence-corrected chi connectivity index (χ4v) is 0.333. The molecule has 8 N–H and O–H groups in total. The number of quaternary nitrogens is 2. The Morgan fingerprint density at radius 1 is 0.875 bits per heavy atom. The predicted molar refractivity (Wildman–Crippen MR) is 60.9 cm³/mol. The minimum Gasteiger partial charge on any atom is -0.550 e. The van der Waals surface area contributed by atoms with Crippen molar-refractivity contribution in [2.45, 2.75) is 40.5 Å². The van der Waals surface area contributed by atoms with Gasteiger partial charge < -0.3 is 32.1 Å². The molecule has 2 atom stereocenters. The fraction of sp³-hybridized carbons (Fsp3) is 0.800. The van der Waals surface area contributed by atoms with Gasteiger partial charge in [-0.3, -0.25) is 0 Å². The topological polar surface area (TPSA) is 153 Å². The van der Waals surface area contributed by atoms with Crippen molar-refractivity contribution in [2.24, 2.45) is 11.8 Å². The molecule has 0 fully saturated rings. The maximum absolute atomic E-state index is 9.82. The highest BCUT2D eigenvalue weighted by Crippen LogP contribution is 1.96. The zero-order valence-electron chi connectivity index (χ0n) is 11.2. The lowest BCUT2D eigenvalue weighted by molar-refractivity contribution is -0.312. The van der Waals surface area contributed by atoms with E-state index in [4.69, 9.17) is 0 Å². The second kappa shape index (κ2) is 13.9. The van der Waals surface area contributed by atoms with Crippen LogP contribution in [0.4, 0.5) is 0 Å². The highest BCUT2D eigenvalue weighted by atomic mass is 16.4. The Morgan fingerprint density at radius 2 is 1.06 bits per heavy atom. The molecule has 0 aliphatic heterocycles. The molecule has 0 heterocycles. The van der Waals surface area contributed by atoms with E-state index in [1.807, 2.05) is 13.8 Å². The summed E-state index contributed by atoms with van der Waals surface area (Å²) in [5.74, 6) is -2.50. The van der Waals surface area contributed by atoms with Crippen LogP contribution in [-0.4, -0.2) is 11.9 Å². The maximum atomic E-state index is 9.82. The molecular formula is C10H26N2O4. The number of aliphatic carboxylic acids is 2. The van der Waals surface area contributed by atoms with Gasteiger partial charge >= 0.3 is 0 Å². The molecule has 0 aromatic rings. The molecular weight excluding hydrogens is 212 g/mol. The van der Waals surface area contributed by atoms with Crippen LogP contribution >= 0.6 is 0 Å². The van der Waals surface area contributed by atoms with Crippen molar-refractivity contribution in [3.63, 3.8) is 0 Å². The molecule has 6 heteroatoms. The van der Waals surface area contributed by atoms with Crippen molar-refractivity contribution in [1.82, 2.24) is 12.3 Å². The monoisotopic (exact) mass is 238 g/mol. The Bertz CT molecular complexity index is 166. The van der Waals surface area contributed by atoms with Gasteiger partial charge in [0.15, 0.2) is 0 Å². The summed E-state index contributed by atoms with van der Waals surface area (Å²) in [6.45, 7) is 6.91. The van der Waals surface area contributed by atoms with Crippen molar-refractivity contribution >= 4 is 11.9 Å². The van der Waals surface area contributed by atoms with E-state index in [1.165, 1.54) is 0 Å². The van der Waals surface area contributed by atoms with Gasteiger partial charge in [-0.2, -0.15) is 0 Å². The third-order valence-electron chi connectivity index (χ3n) is 2.03. The van der Waals surface area contributed by atoms with Gasteiger partial charge in [0.25, 0.3) is 0 Å². The summed E-state index contributed by atoms with van der Waals surface area (Å²) >= 11 is 0. The molecule has 6 nitrogen and oxygen atoms in total. The molecule has 0 saturated carbocycles. The van der Waals surface area contributed by atoms with Crippen molar-refractivity contribution < 1.29 is 19.8 Å². The van der Waals surface area contributed by atoms with E-state index in [0.717, 1.165) is 0 Å². The quantitative estimate of drug-likeness (QED) is 0.723. The molecule has 0 spiro atoms. The van der Waals surface area contributed by atoms with Crippen molar-refractivity contribution in [2.75, 3.05) is 0 Å². The molecule has 0 saturated heterocycles. The van der Waals surface area contributed by atoms with E-state index in [9.17, 15) is 19.8 Å². The molecule has 0 aliphatic carbocycles. The lowest BCUT2D eigenvalue weighted by Gasteiger charge is -2.06. The van der Waals surface area contributed by atoms with Gasteiger partial charge in [0, 0.05) is 11.9 Å². The summed E-state index contributed by atoms with van der Waals surface area (Å²) in [5, 5.41) is 19.6. The molecule has 16 heavy (non-hydrogen) atoms. The Kier molecular flexibility index (Phi) is 21.0. The zero-order chi connectivity index (χ0) is 11.7. The standard InChI is InChI=1S/2C5H10O2.2H3N/c2*1-3-4(2)5(6)7;;/h2*4H,3H2,1-2H3,(H,6,7);2*1H3. The number of carboxylic acids is 2. The first-order chi connectivity index (χ1) is 6.36. The van der Waals surface area contributed by atoms with Crippen molar-refractivity contribution in [3.05, 3.63) is 0 Å². The first kappa shape index (κ1) is 24.2. The molecule has 0 rings (SSSR count). The molecule has 0 aromatic heterocycles. The van der Waals surface area contributed by atoms with Crippen LogP contribution in [0.25, 0.3) is 0 Å². The van der Waals surface area contributed by atoms with Gasteiger partial charge in [-0.15, -0.1) is 0 Å². The summed E-state index contributed by atoms with van der Waals surface area (Å²) in [7, 11) is 0. The molecule has 2 unspecified atom stereocenters. The maximum Gasteiger partial charge on any atom is 0.0442 e. The second-order valence-electron chi connectivity index (χ2n) is 3.26. The van der Waals surface area contributed by atoms with Crippen molar-refractivity contribution in [3.8, 4) is 0 Å². The third kappa shape index (κ3) is 15.3. The number of hydrogen-bond donors (Lipinski definition) is 2. The summed E-state index contributed by atoms with van der Waals surface area (Å²) in [6, 6.07) is 0. The molecule has 0 amide bonds. The van der Waals surface area contributed by atoms with Gasteiger partial charge in [-0.25, -0.2) is 0 Å². The first-order valence-corrected chi connectivity index (χ1v) is 4.78. The lowest BCUT2D eigenvalue weighted by atomic mass is 10.1. The number of hydrogen-bond acceptors (Lipinski definition) is 4. The van der Waals surface area contributed by atoms with E-state index < -0.39 is 11.9 Å². The van der Waals surface area contributed by atoms with Crippen LogP contribution in [0.3, 0.4) is 0 Å². The van der Waals surface area contributed by atoms with E-state index >= 15 is 0 Å². The number of carbonyl (C=O) groups is 2. The molecule has 0 aliphatic rings. The number of carbonyl (C=O) groups excluding carboxylic acids is 2. The summed E-state index contributed by atoms with van der Waals surface area (Å²) in [6.07, 6.45) is 1.31. The average Bonchev–Trinajstić information content (AvgIpc) is 2.15. The Hall–Kier alpha value is -1.14. The van der Waals surface area contributed by atoms with Gasteiger partial charge in [-0.1, -0.05) is 27.7 Å². The molecule has 0 bridgehead atoms. The van der Waals surface area contributed by atoms with Crippen LogP contribution in [0.1, 0.15) is 40.5 Å². The van der Waals surface area contributed by atoms with Crippen LogP contribution in [0.5, 0.6) is 0 Å². The van der Waals surface area contributed by atoms with Crippen LogP contribution in [-0.2, 0) is 9.59 Å². The smallest absolute Gasteiger partial charge is 0.0442 e. The van der Waals surface area contributed by atoms with Gasteiger partial charge in [0.2, 0.25) is 0 Å². The van der Waals surface area contributed by atoms with Gasteiger partial charge in [0.05, 0.1) is 0 Å². The van der Waals surface area contributed by atoms with E-state index in [-0.39, 0.29) is 24.1 Å². The largest absolute Gasteiger partial charge is 0.550 e.